The average molecular weight is 451 g/mol. The lowest BCUT2D eigenvalue weighted by Crippen LogP contribution is -2.28. The Bertz CT molecular complexity index is 1290. The van der Waals surface area contributed by atoms with Gasteiger partial charge in [-0.3, -0.25) is 24.8 Å². The number of amides is 1. The Morgan fingerprint density at radius 3 is 2.77 bits per heavy atom. The normalized spacial score (nSPS) is 11.3. The van der Waals surface area contributed by atoms with E-state index >= 15 is 0 Å². The second-order valence-electron chi connectivity index (χ2n) is 6.98. The van der Waals surface area contributed by atoms with E-state index in [0.29, 0.717) is 16.6 Å². The van der Waals surface area contributed by atoms with Crippen LogP contribution in [0.25, 0.3) is 16.3 Å². The highest BCUT2D eigenvalue weighted by Gasteiger charge is 2.20. The number of benzene rings is 1. The van der Waals surface area contributed by atoms with Crippen LogP contribution in [0.4, 0.5) is 10.1 Å². The number of aryl methyl sites for hydroxylation is 2. The number of thiazole rings is 1. The van der Waals surface area contributed by atoms with Crippen LogP contribution in [0.2, 0.25) is 0 Å². The minimum atomic E-state index is -0.440. The molecule has 4 aromatic rings. The molecule has 9 heteroatoms. The van der Waals surface area contributed by atoms with Crippen LogP contribution in [0.1, 0.15) is 21.6 Å². The molecule has 0 radical (unpaired) electrons. The minimum Gasteiger partial charge on any atom is -0.280 e. The summed E-state index contributed by atoms with van der Waals surface area (Å²) in [6.45, 7) is 4.36. The Hall–Kier alpha value is -3.43. The van der Waals surface area contributed by atoms with E-state index in [1.165, 1.54) is 23.5 Å². The second kappa shape index (κ2) is 8.75. The maximum absolute atomic E-state index is 13.1. The van der Waals surface area contributed by atoms with Gasteiger partial charge in [-0.2, -0.15) is 0 Å². The van der Waals surface area contributed by atoms with Crippen LogP contribution in [-0.2, 0) is 11.3 Å². The molecule has 0 fully saturated rings. The van der Waals surface area contributed by atoms with Gasteiger partial charge in [-0.05, 0) is 54.8 Å². The Morgan fingerprint density at radius 2 is 2.06 bits per heavy atom. The predicted molar refractivity (Wildman–Crippen MR) is 125 cm³/mol. The number of hydrogen-bond donors (Lipinski definition) is 0. The van der Waals surface area contributed by atoms with Crippen molar-refractivity contribution in [2.75, 3.05) is 4.90 Å². The van der Waals surface area contributed by atoms with Crippen LogP contribution >= 0.6 is 22.7 Å². The third-order valence-electron chi connectivity index (χ3n) is 4.56. The van der Waals surface area contributed by atoms with Crippen molar-refractivity contribution in [2.45, 2.75) is 20.4 Å². The molecule has 0 unspecified atom stereocenters. The van der Waals surface area contributed by atoms with Crippen LogP contribution in [-0.4, -0.2) is 20.8 Å². The highest BCUT2D eigenvalue weighted by Crippen LogP contribution is 2.33. The first-order chi connectivity index (χ1) is 14.9. The topological polar surface area (TPSA) is 89.2 Å². The van der Waals surface area contributed by atoms with Crippen LogP contribution in [0.15, 0.2) is 54.9 Å². The summed E-state index contributed by atoms with van der Waals surface area (Å²) in [4.78, 5) is 34.7. The molecule has 156 valence electrons. The zero-order chi connectivity index (χ0) is 22.0. The minimum absolute atomic E-state index is 0.0383. The summed E-state index contributed by atoms with van der Waals surface area (Å²) in [6.07, 6.45) is 6.42. The maximum Gasteiger partial charge on any atom is 0.324 e. The monoisotopic (exact) mass is 450 g/mol. The highest BCUT2D eigenvalue weighted by molar-refractivity contribution is 7.22. The summed E-state index contributed by atoms with van der Waals surface area (Å²) < 4.78 is 1.02. The fourth-order valence-electron chi connectivity index (χ4n) is 3.16. The molecule has 3 heterocycles. The average Bonchev–Trinajstić information content (AvgIpc) is 3.38. The van der Waals surface area contributed by atoms with E-state index in [1.807, 2.05) is 26.0 Å². The highest BCUT2D eigenvalue weighted by atomic mass is 32.1. The largest absolute Gasteiger partial charge is 0.324 e. The van der Waals surface area contributed by atoms with Crippen molar-refractivity contribution in [3.8, 4) is 0 Å². The number of anilines is 1. The van der Waals surface area contributed by atoms with Crippen molar-refractivity contribution in [1.82, 2.24) is 9.97 Å². The Kier molecular flexibility index (Phi) is 5.88. The van der Waals surface area contributed by atoms with Gasteiger partial charge in [0.25, 0.3) is 5.91 Å². The molecule has 0 saturated carbocycles. The van der Waals surface area contributed by atoms with Gasteiger partial charge in [0, 0.05) is 29.4 Å². The third-order valence-corrected chi connectivity index (χ3v) is 6.59. The number of rotatable bonds is 6. The molecule has 0 aliphatic heterocycles. The van der Waals surface area contributed by atoms with Gasteiger partial charge in [0.15, 0.2) is 5.13 Å². The summed E-state index contributed by atoms with van der Waals surface area (Å²) in [6, 6.07) is 10.9. The number of fused-ring (bicyclic) bond motifs is 1. The molecule has 0 spiro atoms. The summed E-state index contributed by atoms with van der Waals surface area (Å²) in [7, 11) is 0. The SMILES string of the molecule is Cc1cc(C)c2nc(N(Cc3cccnc3)C(=O)/C=C/c3ccc([N+](=O)[O-])s3)sc2c1. The molecular formula is C22H18N4O3S2. The van der Waals surface area contributed by atoms with Gasteiger partial charge in [0.05, 0.1) is 21.7 Å². The molecule has 4 rings (SSSR count). The molecule has 0 N–H and O–H groups in total. The standard InChI is InChI=1S/C22H18N4O3S2/c1-14-10-15(2)21-18(11-14)31-22(24-21)25(13-16-4-3-9-23-12-16)19(27)7-5-17-6-8-20(30-17)26(28)29/h3-12H,13H2,1-2H3/b7-5+. The van der Waals surface area contributed by atoms with E-state index in [0.717, 1.165) is 38.2 Å². The van der Waals surface area contributed by atoms with E-state index in [-0.39, 0.29) is 10.9 Å². The van der Waals surface area contributed by atoms with Gasteiger partial charge in [0.2, 0.25) is 0 Å². The Balaban J connectivity index is 1.68. The summed E-state index contributed by atoms with van der Waals surface area (Å²) >= 11 is 2.49. The van der Waals surface area contributed by atoms with Crippen molar-refractivity contribution in [3.63, 3.8) is 0 Å². The van der Waals surface area contributed by atoms with Crippen LogP contribution in [0, 0.1) is 24.0 Å². The molecule has 0 bridgehead atoms. The molecule has 0 atom stereocenters. The lowest BCUT2D eigenvalue weighted by molar-refractivity contribution is -0.380. The first-order valence-electron chi connectivity index (χ1n) is 9.41. The summed E-state index contributed by atoms with van der Waals surface area (Å²) in [5.41, 5.74) is 3.97. The van der Waals surface area contributed by atoms with Crippen LogP contribution < -0.4 is 4.90 Å². The first kappa shape index (κ1) is 20.8. The smallest absolute Gasteiger partial charge is 0.280 e. The fraction of sp³-hybridized carbons (Fsp3) is 0.136. The lowest BCUT2D eigenvalue weighted by atomic mass is 10.1. The Labute approximate surface area is 186 Å². The molecule has 31 heavy (non-hydrogen) atoms. The first-order valence-corrected chi connectivity index (χ1v) is 11.0. The number of thiophene rings is 1. The molecule has 3 aromatic heterocycles. The van der Waals surface area contributed by atoms with E-state index in [4.69, 9.17) is 4.98 Å². The van der Waals surface area contributed by atoms with Crippen LogP contribution in [0.3, 0.4) is 0 Å². The molecule has 1 aromatic carbocycles. The lowest BCUT2D eigenvalue weighted by Gasteiger charge is -2.18. The van der Waals surface area contributed by atoms with Gasteiger partial charge in [-0.1, -0.05) is 34.8 Å². The van der Waals surface area contributed by atoms with Crippen molar-refractivity contribution >= 4 is 55.0 Å². The second-order valence-corrected chi connectivity index (χ2v) is 9.08. The fourth-order valence-corrected chi connectivity index (χ4v) is 5.03. The number of hydrogen-bond acceptors (Lipinski definition) is 7. The molecule has 0 saturated heterocycles. The van der Waals surface area contributed by atoms with Gasteiger partial charge >= 0.3 is 5.00 Å². The van der Waals surface area contributed by atoms with E-state index in [9.17, 15) is 14.9 Å². The van der Waals surface area contributed by atoms with Crippen molar-refractivity contribution < 1.29 is 9.72 Å². The number of aromatic nitrogens is 2. The van der Waals surface area contributed by atoms with Gasteiger partial charge in [-0.15, -0.1) is 0 Å². The van der Waals surface area contributed by atoms with E-state index in [2.05, 4.69) is 17.1 Å². The predicted octanol–water partition coefficient (Wildman–Crippen LogP) is 5.52. The molecule has 7 nitrogen and oxygen atoms in total. The Morgan fingerprint density at radius 1 is 1.23 bits per heavy atom. The zero-order valence-electron chi connectivity index (χ0n) is 16.8. The quantitative estimate of drug-likeness (QED) is 0.219. The molecular weight excluding hydrogens is 432 g/mol. The number of pyridine rings is 1. The zero-order valence-corrected chi connectivity index (χ0v) is 18.4. The molecule has 0 aliphatic carbocycles. The van der Waals surface area contributed by atoms with Crippen molar-refractivity contribution in [1.29, 1.82) is 0 Å². The van der Waals surface area contributed by atoms with Gasteiger partial charge in [-0.25, -0.2) is 4.98 Å². The number of carbonyl (C=O) groups excluding carboxylic acids is 1. The van der Waals surface area contributed by atoms with Crippen molar-refractivity contribution in [2.24, 2.45) is 0 Å². The number of carbonyl (C=O) groups is 1. The number of nitro groups is 1. The van der Waals surface area contributed by atoms with E-state index < -0.39 is 4.92 Å². The summed E-state index contributed by atoms with van der Waals surface area (Å²) in [5, 5.41) is 11.5. The van der Waals surface area contributed by atoms with Crippen molar-refractivity contribution in [3.05, 3.63) is 86.5 Å². The van der Waals surface area contributed by atoms with E-state index in [1.54, 1.807) is 29.4 Å². The van der Waals surface area contributed by atoms with Gasteiger partial charge < -0.3 is 0 Å². The summed E-state index contributed by atoms with van der Waals surface area (Å²) in [5.74, 6) is -0.256. The van der Waals surface area contributed by atoms with Crippen LogP contribution in [0.5, 0.6) is 0 Å². The third kappa shape index (κ3) is 4.68. The molecule has 1 amide bonds. The maximum atomic E-state index is 13.1. The number of nitrogens with zero attached hydrogens (tertiary/aromatic N) is 4. The van der Waals surface area contributed by atoms with Gasteiger partial charge in [0.1, 0.15) is 0 Å². The molecule has 0 aliphatic rings.